The van der Waals surface area contributed by atoms with Gasteiger partial charge in [-0.1, -0.05) is 20.8 Å². The summed E-state index contributed by atoms with van der Waals surface area (Å²) >= 11 is 0. The lowest BCUT2D eigenvalue weighted by Crippen LogP contribution is -2.57. The lowest BCUT2D eigenvalue weighted by Gasteiger charge is -2.46. The highest BCUT2D eigenvalue weighted by Crippen LogP contribution is 2.33. The molecule has 0 spiro atoms. The lowest BCUT2D eigenvalue weighted by molar-refractivity contribution is -0.0637. The molecule has 17 heavy (non-hydrogen) atoms. The highest BCUT2D eigenvalue weighted by atomic mass is 19.3. The molecule has 1 aliphatic rings. The minimum absolute atomic E-state index is 0.0132. The fourth-order valence-corrected chi connectivity index (χ4v) is 2.40. The van der Waals surface area contributed by atoms with Gasteiger partial charge >= 0.3 is 0 Å². The Hall–Kier alpha value is -0.220. The molecular weight excluding hydrogens is 222 g/mol. The van der Waals surface area contributed by atoms with Gasteiger partial charge in [0.15, 0.2) is 0 Å². The van der Waals surface area contributed by atoms with Crippen LogP contribution in [-0.4, -0.2) is 42.0 Å². The normalized spacial score (nSPS) is 27.9. The molecule has 1 N–H and O–H groups in total. The van der Waals surface area contributed by atoms with E-state index in [4.69, 9.17) is 0 Å². The number of hydrogen-bond donors (Lipinski definition) is 1. The number of nitrogens with one attached hydrogen (secondary N) is 1. The molecule has 0 aromatic heterocycles. The third-order valence-electron chi connectivity index (χ3n) is 3.36. The van der Waals surface area contributed by atoms with Gasteiger partial charge < -0.3 is 5.32 Å². The highest BCUT2D eigenvalue weighted by Gasteiger charge is 2.44. The minimum atomic E-state index is -2.65. The van der Waals surface area contributed by atoms with E-state index in [9.17, 15) is 8.78 Å². The average molecular weight is 248 g/mol. The number of halogens is 2. The van der Waals surface area contributed by atoms with E-state index >= 15 is 0 Å². The van der Waals surface area contributed by atoms with Crippen molar-refractivity contribution in [2.24, 2.45) is 5.41 Å². The molecule has 1 aliphatic heterocycles. The Morgan fingerprint density at radius 3 is 2.06 bits per heavy atom. The topological polar surface area (TPSA) is 15.3 Å². The second-order valence-electron chi connectivity index (χ2n) is 7.17. The Balaban J connectivity index is 3.03. The van der Waals surface area contributed by atoms with Crippen LogP contribution in [0.5, 0.6) is 0 Å². The number of hydrogen-bond acceptors (Lipinski definition) is 2. The van der Waals surface area contributed by atoms with Crippen LogP contribution in [0.4, 0.5) is 8.78 Å². The third kappa shape index (κ3) is 3.88. The molecule has 0 amide bonds. The Kier molecular flexibility index (Phi) is 3.90. The molecular formula is C13H26F2N2. The maximum Gasteiger partial charge on any atom is 0.272 e. The van der Waals surface area contributed by atoms with E-state index in [1.165, 1.54) is 0 Å². The summed E-state index contributed by atoms with van der Waals surface area (Å²) in [6.45, 7) is 12.6. The van der Waals surface area contributed by atoms with Gasteiger partial charge in [0.2, 0.25) is 0 Å². The van der Waals surface area contributed by atoms with Crippen LogP contribution in [0.2, 0.25) is 0 Å². The van der Waals surface area contributed by atoms with Crippen LogP contribution in [0.25, 0.3) is 0 Å². The van der Waals surface area contributed by atoms with Gasteiger partial charge in [-0.2, -0.15) is 0 Å². The van der Waals surface area contributed by atoms with E-state index in [1.54, 1.807) is 0 Å². The highest BCUT2D eigenvalue weighted by molar-refractivity contribution is 4.96. The zero-order valence-electron chi connectivity index (χ0n) is 11.9. The third-order valence-corrected chi connectivity index (χ3v) is 3.36. The van der Waals surface area contributed by atoms with Gasteiger partial charge in [0.25, 0.3) is 5.92 Å². The summed E-state index contributed by atoms with van der Waals surface area (Å²) < 4.78 is 27.4. The molecule has 0 saturated carbocycles. The maximum atomic E-state index is 13.7. The summed E-state index contributed by atoms with van der Waals surface area (Å²) in [5.74, 6) is -2.65. The van der Waals surface area contributed by atoms with E-state index in [0.29, 0.717) is 6.54 Å². The van der Waals surface area contributed by atoms with Crippen molar-refractivity contribution in [1.82, 2.24) is 10.2 Å². The van der Waals surface area contributed by atoms with Crippen molar-refractivity contribution >= 4 is 0 Å². The van der Waals surface area contributed by atoms with Gasteiger partial charge in [0.05, 0.1) is 13.1 Å². The first-order chi connectivity index (χ1) is 7.43. The van der Waals surface area contributed by atoms with Crippen molar-refractivity contribution in [1.29, 1.82) is 0 Å². The van der Waals surface area contributed by atoms with Gasteiger partial charge in [-0.3, -0.25) is 4.90 Å². The molecule has 1 heterocycles. The monoisotopic (exact) mass is 248 g/mol. The fraction of sp³-hybridized carbons (Fsp3) is 1.00. The van der Waals surface area contributed by atoms with E-state index < -0.39 is 5.92 Å². The second kappa shape index (κ2) is 4.47. The molecule has 0 aromatic carbocycles. The molecule has 1 unspecified atom stereocenters. The quantitative estimate of drug-likeness (QED) is 0.709. The Morgan fingerprint density at radius 2 is 1.65 bits per heavy atom. The van der Waals surface area contributed by atoms with Crippen LogP contribution < -0.4 is 5.32 Å². The van der Waals surface area contributed by atoms with Gasteiger partial charge in [-0.05, 0) is 26.2 Å². The largest absolute Gasteiger partial charge is 0.310 e. The van der Waals surface area contributed by atoms with Crippen LogP contribution in [0, 0.1) is 5.41 Å². The van der Waals surface area contributed by atoms with Gasteiger partial charge in [0, 0.05) is 18.1 Å². The van der Waals surface area contributed by atoms with Crippen LogP contribution in [0.3, 0.4) is 0 Å². The number of nitrogens with zero attached hydrogens (tertiary/aromatic N) is 1. The summed E-state index contributed by atoms with van der Waals surface area (Å²) in [4.78, 5) is 1.95. The molecule has 0 bridgehead atoms. The predicted molar refractivity (Wildman–Crippen MR) is 67.5 cm³/mol. The molecule has 1 fully saturated rings. The summed E-state index contributed by atoms with van der Waals surface area (Å²) in [5, 5.41) is 2.90. The van der Waals surface area contributed by atoms with Crippen LogP contribution in [0.1, 0.15) is 41.5 Å². The number of alkyl halides is 2. The van der Waals surface area contributed by atoms with Crippen molar-refractivity contribution in [3.63, 3.8) is 0 Å². The molecule has 1 saturated heterocycles. The Bertz CT molecular complexity index is 264. The molecule has 1 atom stereocenters. The minimum Gasteiger partial charge on any atom is -0.310 e. The second-order valence-corrected chi connectivity index (χ2v) is 7.17. The van der Waals surface area contributed by atoms with Gasteiger partial charge in [-0.15, -0.1) is 0 Å². The zero-order chi connectivity index (χ0) is 13.5. The van der Waals surface area contributed by atoms with Crippen LogP contribution in [0.15, 0.2) is 0 Å². The first-order valence-electron chi connectivity index (χ1n) is 6.29. The molecule has 0 radical (unpaired) electrons. The first kappa shape index (κ1) is 14.8. The zero-order valence-corrected chi connectivity index (χ0v) is 11.9. The van der Waals surface area contributed by atoms with E-state index in [0.717, 1.165) is 0 Å². The van der Waals surface area contributed by atoms with Crippen LogP contribution in [-0.2, 0) is 0 Å². The molecule has 2 nitrogen and oxygen atoms in total. The van der Waals surface area contributed by atoms with E-state index in [1.807, 2.05) is 25.7 Å². The van der Waals surface area contributed by atoms with Crippen LogP contribution >= 0.6 is 0 Å². The predicted octanol–water partition coefficient (Wildman–Crippen LogP) is 2.74. The van der Waals surface area contributed by atoms with Crippen molar-refractivity contribution in [2.75, 3.05) is 19.6 Å². The van der Waals surface area contributed by atoms with Crippen molar-refractivity contribution in [2.45, 2.75) is 59.0 Å². The lowest BCUT2D eigenvalue weighted by atomic mass is 9.83. The SMILES string of the molecule is CC(C)(C)C1CNCC(F)(F)CN1C(C)(C)C. The summed E-state index contributed by atoms with van der Waals surface area (Å²) in [5.41, 5.74) is -0.256. The van der Waals surface area contributed by atoms with Crippen molar-refractivity contribution < 1.29 is 8.78 Å². The van der Waals surface area contributed by atoms with E-state index in [2.05, 4.69) is 26.1 Å². The summed E-state index contributed by atoms with van der Waals surface area (Å²) in [6, 6.07) is 0.121. The van der Waals surface area contributed by atoms with Crippen molar-refractivity contribution in [3.05, 3.63) is 0 Å². The Morgan fingerprint density at radius 1 is 1.12 bits per heavy atom. The first-order valence-corrected chi connectivity index (χ1v) is 6.29. The Labute approximate surface area is 104 Å². The van der Waals surface area contributed by atoms with E-state index in [-0.39, 0.29) is 30.1 Å². The maximum absolute atomic E-state index is 13.7. The number of rotatable bonds is 0. The van der Waals surface area contributed by atoms with Gasteiger partial charge in [-0.25, -0.2) is 8.78 Å². The molecule has 4 heteroatoms. The smallest absolute Gasteiger partial charge is 0.272 e. The average Bonchev–Trinajstić information content (AvgIpc) is 2.20. The van der Waals surface area contributed by atoms with Crippen molar-refractivity contribution in [3.8, 4) is 0 Å². The molecule has 1 rings (SSSR count). The fourth-order valence-electron chi connectivity index (χ4n) is 2.40. The molecule has 0 aromatic rings. The summed E-state index contributed by atoms with van der Waals surface area (Å²) in [6.07, 6.45) is 0. The summed E-state index contributed by atoms with van der Waals surface area (Å²) in [7, 11) is 0. The standard InChI is InChI=1S/C13H26F2N2/c1-11(2,3)10-7-16-8-13(14,15)9-17(10)12(4,5)6/h10,16H,7-9H2,1-6H3. The van der Waals surface area contributed by atoms with Gasteiger partial charge in [0.1, 0.15) is 0 Å². The molecule has 0 aliphatic carbocycles. The molecule has 102 valence electrons.